The third-order valence-corrected chi connectivity index (χ3v) is 3.29. The molecule has 0 aliphatic carbocycles. The summed E-state index contributed by atoms with van der Waals surface area (Å²) in [6, 6.07) is 0.516. The van der Waals surface area contributed by atoms with Gasteiger partial charge in [-0.3, -0.25) is 0 Å². The van der Waals surface area contributed by atoms with Crippen LogP contribution in [-0.2, 0) is 0 Å². The molecule has 2 unspecified atom stereocenters. The molecule has 92 valence electrons. The van der Waals surface area contributed by atoms with Gasteiger partial charge >= 0.3 is 0 Å². The van der Waals surface area contributed by atoms with Crippen LogP contribution >= 0.6 is 0 Å². The van der Waals surface area contributed by atoms with E-state index in [-0.39, 0.29) is 0 Å². The van der Waals surface area contributed by atoms with Crippen LogP contribution < -0.4 is 5.32 Å². The first kappa shape index (κ1) is 14.9. The zero-order valence-corrected chi connectivity index (χ0v) is 11.1. The Morgan fingerprint density at radius 3 is 2.27 bits per heavy atom. The molecule has 0 aromatic rings. The molecule has 0 amide bonds. The van der Waals surface area contributed by atoms with Crippen LogP contribution in [0.4, 0.5) is 0 Å². The molecule has 2 N–H and O–H groups in total. The van der Waals surface area contributed by atoms with Gasteiger partial charge in [-0.15, -0.1) is 0 Å². The van der Waals surface area contributed by atoms with E-state index in [1.165, 1.54) is 25.7 Å². The van der Waals surface area contributed by atoms with E-state index in [9.17, 15) is 5.11 Å². The smallest absolute Gasteiger partial charge is 0.0766 e. The Kier molecular flexibility index (Phi) is 7.20. The van der Waals surface area contributed by atoms with Gasteiger partial charge in [-0.2, -0.15) is 0 Å². The molecule has 0 radical (unpaired) electrons. The summed E-state index contributed by atoms with van der Waals surface area (Å²) in [6.07, 6.45) is 5.08. The fraction of sp³-hybridized carbons (Fsp3) is 1.00. The Labute approximate surface area is 95.5 Å². The SMILES string of the molecule is CCCCCC(C)NCC(C)(O)C(C)C. The monoisotopic (exact) mass is 215 g/mol. The van der Waals surface area contributed by atoms with Crippen molar-refractivity contribution < 1.29 is 5.11 Å². The molecule has 2 nitrogen and oxygen atoms in total. The highest BCUT2D eigenvalue weighted by Gasteiger charge is 2.24. The molecule has 0 saturated heterocycles. The predicted octanol–water partition coefficient (Wildman–Crippen LogP) is 2.95. The highest BCUT2D eigenvalue weighted by atomic mass is 16.3. The van der Waals surface area contributed by atoms with Gasteiger partial charge in [0.2, 0.25) is 0 Å². The van der Waals surface area contributed by atoms with Gasteiger partial charge in [-0.05, 0) is 26.2 Å². The van der Waals surface area contributed by atoms with Crippen molar-refractivity contribution >= 4 is 0 Å². The Balaban J connectivity index is 3.65. The molecular formula is C13H29NO. The maximum Gasteiger partial charge on any atom is 0.0766 e. The highest BCUT2D eigenvalue weighted by molar-refractivity contribution is 4.80. The van der Waals surface area contributed by atoms with Crippen LogP contribution in [0.15, 0.2) is 0 Å². The van der Waals surface area contributed by atoms with Crippen LogP contribution in [0.5, 0.6) is 0 Å². The number of aliphatic hydroxyl groups is 1. The summed E-state index contributed by atoms with van der Waals surface area (Å²) < 4.78 is 0. The van der Waals surface area contributed by atoms with Crippen molar-refractivity contribution in [2.75, 3.05) is 6.54 Å². The topological polar surface area (TPSA) is 32.3 Å². The lowest BCUT2D eigenvalue weighted by Crippen LogP contribution is -2.45. The molecule has 15 heavy (non-hydrogen) atoms. The second-order valence-corrected chi connectivity index (χ2v) is 5.29. The summed E-state index contributed by atoms with van der Waals surface area (Å²) in [5, 5.41) is 13.5. The van der Waals surface area contributed by atoms with Crippen molar-refractivity contribution in [1.82, 2.24) is 5.32 Å². The summed E-state index contributed by atoms with van der Waals surface area (Å²) in [4.78, 5) is 0. The molecule has 0 heterocycles. The van der Waals surface area contributed by atoms with Gasteiger partial charge in [0.1, 0.15) is 0 Å². The number of hydrogen-bond donors (Lipinski definition) is 2. The molecule has 0 aliphatic rings. The van der Waals surface area contributed by atoms with E-state index in [0.717, 1.165) is 0 Å². The molecular weight excluding hydrogens is 186 g/mol. The summed E-state index contributed by atoms with van der Waals surface area (Å²) in [5.74, 6) is 0.299. The Hall–Kier alpha value is -0.0800. The average Bonchev–Trinajstić information content (AvgIpc) is 2.15. The molecule has 0 saturated carbocycles. The van der Waals surface area contributed by atoms with Gasteiger partial charge in [0.15, 0.2) is 0 Å². The third kappa shape index (κ3) is 6.91. The van der Waals surface area contributed by atoms with Crippen molar-refractivity contribution in [3.05, 3.63) is 0 Å². The summed E-state index contributed by atoms with van der Waals surface area (Å²) >= 11 is 0. The van der Waals surface area contributed by atoms with Crippen LogP contribution in [-0.4, -0.2) is 23.3 Å². The van der Waals surface area contributed by atoms with Gasteiger partial charge in [0.05, 0.1) is 5.60 Å². The summed E-state index contributed by atoms with van der Waals surface area (Å²) in [5.41, 5.74) is -0.584. The molecule has 0 aliphatic heterocycles. The van der Waals surface area contributed by atoms with Gasteiger partial charge < -0.3 is 10.4 Å². The van der Waals surface area contributed by atoms with Crippen LogP contribution in [0.25, 0.3) is 0 Å². The molecule has 0 aromatic heterocycles. The normalized spacial score (nSPS) is 17.8. The zero-order valence-electron chi connectivity index (χ0n) is 11.1. The van der Waals surface area contributed by atoms with E-state index in [1.54, 1.807) is 0 Å². The first-order valence-corrected chi connectivity index (χ1v) is 6.36. The lowest BCUT2D eigenvalue weighted by Gasteiger charge is -2.29. The minimum absolute atomic E-state index is 0.299. The molecule has 0 bridgehead atoms. The maximum atomic E-state index is 10.0. The lowest BCUT2D eigenvalue weighted by atomic mass is 9.92. The Morgan fingerprint density at radius 1 is 1.20 bits per heavy atom. The molecule has 0 rings (SSSR count). The van der Waals surface area contributed by atoms with Crippen molar-refractivity contribution in [2.45, 2.75) is 71.9 Å². The van der Waals surface area contributed by atoms with Gasteiger partial charge in [-0.1, -0.05) is 40.0 Å². The molecule has 2 heteroatoms. The standard InChI is InChI=1S/C13H29NO/c1-6-7-8-9-12(4)14-10-13(5,15)11(2)3/h11-12,14-15H,6-10H2,1-5H3. The minimum Gasteiger partial charge on any atom is -0.389 e. The largest absolute Gasteiger partial charge is 0.389 e. The van der Waals surface area contributed by atoms with Crippen LogP contribution in [0.3, 0.4) is 0 Å². The fourth-order valence-corrected chi connectivity index (χ4v) is 1.39. The second kappa shape index (κ2) is 7.24. The number of unbranched alkanes of at least 4 members (excludes halogenated alkanes) is 2. The molecule has 0 aromatic carbocycles. The first-order chi connectivity index (χ1) is 6.90. The van der Waals surface area contributed by atoms with Crippen molar-refractivity contribution in [2.24, 2.45) is 5.92 Å². The highest BCUT2D eigenvalue weighted by Crippen LogP contribution is 2.15. The van der Waals surface area contributed by atoms with Crippen LogP contribution in [0, 0.1) is 5.92 Å². The van der Waals surface area contributed by atoms with Gasteiger partial charge in [-0.25, -0.2) is 0 Å². The van der Waals surface area contributed by atoms with Crippen LogP contribution in [0.2, 0.25) is 0 Å². The van der Waals surface area contributed by atoms with Gasteiger partial charge in [0, 0.05) is 12.6 Å². The zero-order chi connectivity index (χ0) is 11.9. The van der Waals surface area contributed by atoms with Crippen molar-refractivity contribution in [1.29, 1.82) is 0 Å². The van der Waals surface area contributed by atoms with E-state index >= 15 is 0 Å². The van der Waals surface area contributed by atoms with E-state index in [0.29, 0.717) is 18.5 Å². The molecule has 0 fully saturated rings. The van der Waals surface area contributed by atoms with Gasteiger partial charge in [0.25, 0.3) is 0 Å². The average molecular weight is 215 g/mol. The quantitative estimate of drug-likeness (QED) is 0.610. The molecule has 2 atom stereocenters. The predicted molar refractivity (Wildman–Crippen MR) is 67.1 cm³/mol. The molecule has 0 spiro atoms. The van der Waals surface area contributed by atoms with E-state index < -0.39 is 5.60 Å². The van der Waals surface area contributed by atoms with Crippen LogP contribution in [0.1, 0.15) is 60.3 Å². The first-order valence-electron chi connectivity index (χ1n) is 6.36. The Bertz CT molecular complexity index is 155. The fourth-order valence-electron chi connectivity index (χ4n) is 1.39. The second-order valence-electron chi connectivity index (χ2n) is 5.29. The maximum absolute atomic E-state index is 10.0. The number of hydrogen-bond acceptors (Lipinski definition) is 2. The number of nitrogens with one attached hydrogen (secondary N) is 1. The van der Waals surface area contributed by atoms with E-state index in [1.807, 2.05) is 6.92 Å². The summed E-state index contributed by atoms with van der Waals surface area (Å²) in [6.45, 7) is 11.1. The van der Waals surface area contributed by atoms with E-state index in [2.05, 4.69) is 33.0 Å². The minimum atomic E-state index is -0.584. The van der Waals surface area contributed by atoms with Crippen molar-refractivity contribution in [3.63, 3.8) is 0 Å². The Morgan fingerprint density at radius 2 is 1.80 bits per heavy atom. The number of rotatable bonds is 8. The summed E-state index contributed by atoms with van der Waals surface area (Å²) in [7, 11) is 0. The van der Waals surface area contributed by atoms with Crippen molar-refractivity contribution in [3.8, 4) is 0 Å². The lowest BCUT2D eigenvalue weighted by molar-refractivity contribution is 0.0120. The third-order valence-electron chi connectivity index (χ3n) is 3.29. The van der Waals surface area contributed by atoms with E-state index in [4.69, 9.17) is 0 Å².